The molecule has 8 unspecified atom stereocenters. The van der Waals surface area contributed by atoms with E-state index in [1.165, 1.54) is 31.3 Å². The summed E-state index contributed by atoms with van der Waals surface area (Å²) >= 11 is 0. The highest BCUT2D eigenvalue weighted by molar-refractivity contribution is 5.21. The van der Waals surface area contributed by atoms with Crippen LogP contribution in [-0.4, -0.2) is 5.54 Å². The van der Waals surface area contributed by atoms with Crippen molar-refractivity contribution in [3.05, 3.63) is 12.2 Å². The molecule has 2 heteroatoms. The van der Waals surface area contributed by atoms with Crippen LogP contribution in [0.25, 0.3) is 0 Å². The monoisotopic (exact) mass is 356 g/mol. The van der Waals surface area contributed by atoms with Gasteiger partial charge in [-0.15, -0.1) is 0 Å². The van der Waals surface area contributed by atoms with E-state index in [-0.39, 0.29) is 22.3 Å². The molecule has 8 atom stereocenters. The Morgan fingerprint density at radius 1 is 1.08 bits per heavy atom. The van der Waals surface area contributed by atoms with Gasteiger partial charge < -0.3 is 5.73 Å². The third-order valence-electron chi connectivity index (χ3n) is 9.83. The molecule has 0 aromatic carbocycles. The quantitative estimate of drug-likeness (QED) is 0.610. The minimum absolute atomic E-state index is 0.0778. The predicted octanol–water partition coefficient (Wildman–Crippen LogP) is 6.08. The van der Waals surface area contributed by atoms with E-state index in [0.29, 0.717) is 23.7 Å². The molecule has 3 aliphatic rings. The smallest absolute Gasteiger partial charge is 0.0662 e. The molecule has 3 saturated carbocycles. The van der Waals surface area contributed by atoms with Gasteiger partial charge in [0, 0.05) is 5.54 Å². The highest BCUT2D eigenvalue weighted by atomic mass is 14.9. The van der Waals surface area contributed by atoms with Crippen LogP contribution >= 0.6 is 0 Å². The maximum absolute atomic E-state index is 9.81. The first-order valence-electron chi connectivity index (χ1n) is 11.0. The maximum atomic E-state index is 9.81. The largest absolute Gasteiger partial charge is 0.324 e. The molecule has 3 rings (SSSR count). The van der Waals surface area contributed by atoms with Gasteiger partial charge in [0.25, 0.3) is 0 Å². The van der Waals surface area contributed by atoms with Crippen LogP contribution in [0.15, 0.2) is 12.2 Å². The Labute approximate surface area is 161 Å². The van der Waals surface area contributed by atoms with Crippen LogP contribution in [0.5, 0.6) is 0 Å². The van der Waals surface area contributed by atoms with Crippen LogP contribution in [-0.2, 0) is 0 Å². The van der Waals surface area contributed by atoms with Crippen molar-refractivity contribution < 1.29 is 0 Å². The molecule has 0 spiro atoms. The van der Waals surface area contributed by atoms with Crippen molar-refractivity contribution in [1.82, 2.24) is 0 Å². The van der Waals surface area contributed by atoms with Crippen LogP contribution in [0.1, 0.15) is 86.0 Å². The molecule has 2 nitrogen and oxygen atoms in total. The van der Waals surface area contributed by atoms with Crippen LogP contribution in [0, 0.1) is 51.8 Å². The van der Waals surface area contributed by atoms with Gasteiger partial charge in [-0.2, -0.15) is 5.26 Å². The lowest BCUT2D eigenvalue weighted by molar-refractivity contribution is -0.136. The van der Waals surface area contributed by atoms with Gasteiger partial charge in [0.2, 0.25) is 0 Å². The summed E-state index contributed by atoms with van der Waals surface area (Å²) in [6.07, 6.45) is 9.41. The molecule has 0 aromatic heterocycles. The minimum Gasteiger partial charge on any atom is -0.324 e. The van der Waals surface area contributed by atoms with E-state index in [9.17, 15) is 5.26 Å². The number of hydrogen-bond donors (Lipinski definition) is 1. The normalized spacial score (nSPS) is 52.2. The molecule has 0 aromatic rings. The Morgan fingerprint density at radius 3 is 2.42 bits per heavy atom. The molecule has 3 aliphatic carbocycles. The topological polar surface area (TPSA) is 49.8 Å². The molecule has 0 heterocycles. The van der Waals surface area contributed by atoms with Gasteiger partial charge in [0.05, 0.1) is 12.0 Å². The molecule has 0 bridgehead atoms. The lowest BCUT2D eigenvalue weighted by atomic mass is 9.40. The highest BCUT2D eigenvalue weighted by Crippen LogP contribution is 2.65. The van der Waals surface area contributed by atoms with Crippen molar-refractivity contribution in [1.29, 1.82) is 5.26 Å². The van der Waals surface area contributed by atoms with Crippen molar-refractivity contribution in [2.45, 2.75) is 91.5 Å². The van der Waals surface area contributed by atoms with E-state index in [2.05, 4.69) is 47.3 Å². The van der Waals surface area contributed by atoms with Crippen LogP contribution in [0.2, 0.25) is 0 Å². The second kappa shape index (κ2) is 6.66. The summed E-state index contributed by atoms with van der Waals surface area (Å²) in [6.45, 7) is 16.5. The Kier molecular flexibility index (Phi) is 5.11. The summed E-state index contributed by atoms with van der Waals surface area (Å²) in [5.41, 5.74) is 8.91. The molecule has 0 radical (unpaired) electrons. The number of fused-ring (bicyclic) bond motifs is 1. The third kappa shape index (κ3) is 2.61. The summed E-state index contributed by atoms with van der Waals surface area (Å²) < 4.78 is 0. The van der Waals surface area contributed by atoms with E-state index in [0.717, 1.165) is 25.7 Å². The molecule has 146 valence electrons. The summed E-state index contributed by atoms with van der Waals surface area (Å²) in [5.74, 6) is 2.28. The molecule has 0 saturated heterocycles. The third-order valence-corrected chi connectivity index (χ3v) is 9.83. The zero-order valence-corrected chi connectivity index (χ0v) is 17.8. The Balaban J connectivity index is 2.00. The number of rotatable bonds is 2. The molecular formula is C24H40N2. The van der Waals surface area contributed by atoms with E-state index in [4.69, 9.17) is 5.73 Å². The maximum Gasteiger partial charge on any atom is 0.0662 e. The second-order valence-electron chi connectivity index (χ2n) is 10.6. The van der Waals surface area contributed by atoms with Crippen LogP contribution in [0.3, 0.4) is 0 Å². The predicted molar refractivity (Wildman–Crippen MR) is 109 cm³/mol. The van der Waals surface area contributed by atoms with Gasteiger partial charge in [0.15, 0.2) is 0 Å². The van der Waals surface area contributed by atoms with Crippen molar-refractivity contribution in [2.24, 2.45) is 46.2 Å². The minimum atomic E-state index is -0.129. The van der Waals surface area contributed by atoms with Crippen molar-refractivity contribution in [2.75, 3.05) is 0 Å². The summed E-state index contributed by atoms with van der Waals surface area (Å²) in [6, 6.07) is 2.63. The molecule has 0 aliphatic heterocycles. The van der Waals surface area contributed by atoms with Gasteiger partial charge in [-0.25, -0.2) is 0 Å². The molecule has 26 heavy (non-hydrogen) atoms. The number of allylic oxidation sites excluding steroid dienone is 1. The summed E-state index contributed by atoms with van der Waals surface area (Å²) in [4.78, 5) is 0. The van der Waals surface area contributed by atoms with Crippen LogP contribution in [0.4, 0.5) is 0 Å². The van der Waals surface area contributed by atoms with Crippen molar-refractivity contribution in [3.63, 3.8) is 0 Å². The average Bonchev–Trinajstić information content (AvgIpc) is 2.60. The fourth-order valence-electron chi connectivity index (χ4n) is 7.12. The van der Waals surface area contributed by atoms with Crippen molar-refractivity contribution >= 4 is 0 Å². The van der Waals surface area contributed by atoms with E-state index < -0.39 is 0 Å². The number of hydrogen-bond acceptors (Lipinski definition) is 2. The molecule has 0 amide bonds. The van der Waals surface area contributed by atoms with Gasteiger partial charge in [-0.05, 0) is 73.0 Å². The number of nitrogens with zero attached hydrogens (tertiary/aromatic N) is 1. The Morgan fingerprint density at radius 2 is 1.77 bits per heavy atom. The fourth-order valence-corrected chi connectivity index (χ4v) is 7.12. The first-order chi connectivity index (χ1) is 12.1. The lowest BCUT2D eigenvalue weighted by Crippen LogP contribution is -2.71. The first-order valence-corrected chi connectivity index (χ1v) is 11.0. The van der Waals surface area contributed by atoms with Gasteiger partial charge in [-0.3, -0.25) is 0 Å². The second-order valence-corrected chi connectivity index (χ2v) is 10.6. The molecular weight excluding hydrogens is 316 g/mol. The molecule has 2 N–H and O–H groups in total. The van der Waals surface area contributed by atoms with Gasteiger partial charge in [-0.1, -0.05) is 59.6 Å². The lowest BCUT2D eigenvalue weighted by Gasteiger charge is -2.67. The van der Waals surface area contributed by atoms with Crippen molar-refractivity contribution in [3.8, 4) is 6.07 Å². The highest BCUT2D eigenvalue weighted by Gasteiger charge is 2.64. The van der Waals surface area contributed by atoms with Gasteiger partial charge in [0.1, 0.15) is 0 Å². The first kappa shape index (κ1) is 19.9. The zero-order chi connectivity index (χ0) is 19.3. The molecule has 3 fully saturated rings. The zero-order valence-electron chi connectivity index (χ0n) is 17.8. The standard InChI is InChI=1S/C24H40N2/c1-16-9-10-20(15-25)21(19(16)4)14-23(6)18(3)11-13-22(5)17(2)8-7-12-24(22,23)26/h16-18,20-21H,4,7-14,26H2,1-3,5-6H3. The van der Waals surface area contributed by atoms with E-state index in [1.807, 2.05) is 0 Å². The Bertz CT molecular complexity index is 604. The fraction of sp³-hybridized carbons (Fsp3) is 0.875. The van der Waals surface area contributed by atoms with Gasteiger partial charge >= 0.3 is 0 Å². The van der Waals surface area contributed by atoms with Crippen LogP contribution < -0.4 is 5.73 Å². The summed E-state index contributed by atoms with van der Waals surface area (Å²) in [7, 11) is 0. The number of nitriles is 1. The SMILES string of the molecule is C=C1C(C)CCC(C#N)C1CC1(C)C(C)CCC2(C)C(C)CCCC21N. The number of nitrogens with two attached hydrogens (primary N) is 1. The Hall–Kier alpha value is -0.810. The average molecular weight is 357 g/mol. The van der Waals surface area contributed by atoms with E-state index in [1.54, 1.807) is 0 Å². The summed E-state index contributed by atoms with van der Waals surface area (Å²) in [5, 5.41) is 9.81. The van der Waals surface area contributed by atoms with E-state index >= 15 is 0 Å².